The van der Waals surface area contributed by atoms with Crippen molar-refractivity contribution in [3.05, 3.63) is 30.0 Å². The molecule has 2 rings (SSSR count). The lowest BCUT2D eigenvalue weighted by atomic mass is 9.92. The van der Waals surface area contributed by atoms with Crippen molar-refractivity contribution < 1.29 is 4.79 Å². The number of carbonyl (C=O) groups excluding carboxylic acids is 1. The summed E-state index contributed by atoms with van der Waals surface area (Å²) in [5.41, 5.74) is 6.74. The van der Waals surface area contributed by atoms with E-state index in [1.807, 2.05) is 38.1 Å². The number of hydrogen-bond acceptors (Lipinski definition) is 3. The zero-order chi connectivity index (χ0) is 13.9. The van der Waals surface area contributed by atoms with Gasteiger partial charge in [0.05, 0.1) is 11.1 Å². The van der Waals surface area contributed by atoms with Crippen LogP contribution in [0.5, 0.6) is 0 Å². The first-order valence-corrected chi connectivity index (χ1v) is 6.61. The lowest BCUT2D eigenvalue weighted by Gasteiger charge is -2.31. The Bertz CT molecular complexity index is 563. The average Bonchev–Trinajstić information content (AvgIpc) is 2.89. The molecule has 0 unspecified atom stereocenters. The van der Waals surface area contributed by atoms with E-state index in [1.54, 1.807) is 0 Å². The molecular formula is C14H20N4O. The summed E-state index contributed by atoms with van der Waals surface area (Å²) in [6.07, 6.45) is 1.60. The molecule has 2 aromatic rings. The fourth-order valence-corrected chi connectivity index (χ4v) is 2.20. The lowest BCUT2D eigenvalue weighted by molar-refractivity contribution is 0.0891. The number of aromatic nitrogens is 2. The minimum absolute atomic E-state index is 0.174. The van der Waals surface area contributed by atoms with Crippen LogP contribution in [-0.4, -0.2) is 28.2 Å². The minimum Gasteiger partial charge on any atom is -0.344 e. The van der Waals surface area contributed by atoms with Crippen LogP contribution in [0.2, 0.25) is 0 Å². The van der Waals surface area contributed by atoms with Gasteiger partial charge in [-0.2, -0.15) is 5.10 Å². The van der Waals surface area contributed by atoms with E-state index in [-0.39, 0.29) is 11.4 Å². The third-order valence-electron chi connectivity index (χ3n) is 3.81. The van der Waals surface area contributed by atoms with Crippen molar-refractivity contribution in [2.45, 2.75) is 32.2 Å². The number of amides is 1. The van der Waals surface area contributed by atoms with Crippen molar-refractivity contribution in [2.75, 3.05) is 6.54 Å². The van der Waals surface area contributed by atoms with Crippen molar-refractivity contribution in [2.24, 2.45) is 5.73 Å². The number of para-hydroxylation sites is 1. The summed E-state index contributed by atoms with van der Waals surface area (Å²) in [7, 11) is 0. The Morgan fingerprint density at radius 1 is 1.37 bits per heavy atom. The molecule has 5 heteroatoms. The highest BCUT2D eigenvalue weighted by molar-refractivity contribution is 6.04. The fourth-order valence-electron chi connectivity index (χ4n) is 2.20. The van der Waals surface area contributed by atoms with E-state index >= 15 is 0 Å². The smallest absolute Gasteiger partial charge is 0.272 e. The molecule has 1 aromatic carbocycles. The molecule has 4 N–H and O–H groups in total. The first-order chi connectivity index (χ1) is 9.15. The first kappa shape index (κ1) is 13.5. The molecule has 5 nitrogen and oxygen atoms in total. The fraction of sp³-hybridized carbons (Fsp3) is 0.429. The maximum atomic E-state index is 12.4. The van der Waals surface area contributed by atoms with Crippen LogP contribution in [0, 0.1) is 0 Å². The van der Waals surface area contributed by atoms with Crippen molar-refractivity contribution in [3.63, 3.8) is 0 Å². The molecule has 19 heavy (non-hydrogen) atoms. The molecule has 1 aromatic heterocycles. The van der Waals surface area contributed by atoms with E-state index in [2.05, 4.69) is 15.5 Å². The summed E-state index contributed by atoms with van der Waals surface area (Å²) in [4.78, 5) is 12.4. The number of fused-ring (bicyclic) bond motifs is 1. The number of nitrogens with zero attached hydrogens (tertiary/aromatic N) is 1. The van der Waals surface area contributed by atoms with Crippen LogP contribution in [-0.2, 0) is 0 Å². The van der Waals surface area contributed by atoms with Crippen molar-refractivity contribution in [1.29, 1.82) is 0 Å². The summed E-state index contributed by atoms with van der Waals surface area (Å²) in [5, 5.41) is 10.8. The second kappa shape index (κ2) is 5.40. The molecule has 0 spiro atoms. The topological polar surface area (TPSA) is 83.8 Å². The zero-order valence-corrected chi connectivity index (χ0v) is 11.4. The number of aromatic amines is 1. The molecule has 0 aliphatic carbocycles. The molecular weight excluding hydrogens is 240 g/mol. The number of nitrogens with one attached hydrogen (secondary N) is 2. The third kappa shape index (κ3) is 2.46. The van der Waals surface area contributed by atoms with Gasteiger partial charge in [0.15, 0.2) is 5.69 Å². The standard InChI is InChI=1S/C14H20N4O/c1-3-14(4-2,9-15)16-13(19)12-10-7-5-6-8-11(10)17-18-12/h5-8H,3-4,9,15H2,1-2H3,(H,16,19)(H,17,18). The lowest BCUT2D eigenvalue weighted by Crippen LogP contribution is -2.53. The van der Waals surface area contributed by atoms with Gasteiger partial charge >= 0.3 is 0 Å². The molecule has 0 radical (unpaired) electrons. The van der Waals surface area contributed by atoms with Crippen molar-refractivity contribution >= 4 is 16.8 Å². The molecule has 0 fully saturated rings. The van der Waals surface area contributed by atoms with E-state index in [1.165, 1.54) is 0 Å². The van der Waals surface area contributed by atoms with Gasteiger partial charge in [0.25, 0.3) is 5.91 Å². The van der Waals surface area contributed by atoms with Crippen LogP contribution in [0.3, 0.4) is 0 Å². The summed E-state index contributed by atoms with van der Waals surface area (Å²) >= 11 is 0. The monoisotopic (exact) mass is 260 g/mol. The maximum Gasteiger partial charge on any atom is 0.272 e. The Balaban J connectivity index is 2.29. The van der Waals surface area contributed by atoms with Gasteiger partial charge in [0, 0.05) is 11.9 Å². The van der Waals surface area contributed by atoms with Crippen LogP contribution in [0.1, 0.15) is 37.2 Å². The summed E-state index contributed by atoms with van der Waals surface area (Å²) in [6, 6.07) is 7.58. The Kier molecular flexibility index (Phi) is 3.85. The van der Waals surface area contributed by atoms with Crippen molar-refractivity contribution in [3.8, 4) is 0 Å². The second-order valence-electron chi connectivity index (χ2n) is 4.76. The van der Waals surface area contributed by atoms with Gasteiger partial charge < -0.3 is 11.1 Å². The Labute approximate surface area is 112 Å². The number of H-pyrrole nitrogens is 1. The van der Waals surface area contributed by atoms with Crippen LogP contribution < -0.4 is 11.1 Å². The largest absolute Gasteiger partial charge is 0.344 e. The number of nitrogens with two attached hydrogens (primary N) is 1. The van der Waals surface area contributed by atoms with Crippen LogP contribution >= 0.6 is 0 Å². The number of carbonyl (C=O) groups is 1. The average molecular weight is 260 g/mol. The Morgan fingerprint density at radius 2 is 2.05 bits per heavy atom. The molecule has 1 heterocycles. The first-order valence-electron chi connectivity index (χ1n) is 6.61. The Hall–Kier alpha value is -1.88. The highest BCUT2D eigenvalue weighted by atomic mass is 16.2. The zero-order valence-electron chi connectivity index (χ0n) is 11.4. The van der Waals surface area contributed by atoms with Gasteiger partial charge in [-0.15, -0.1) is 0 Å². The number of rotatable bonds is 5. The minimum atomic E-state index is -0.350. The van der Waals surface area contributed by atoms with Crippen LogP contribution in [0.15, 0.2) is 24.3 Å². The highest BCUT2D eigenvalue weighted by Gasteiger charge is 2.28. The highest BCUT2D eigenvalue weighted by Crippen LogP contribution is 2.18. The van der Waals surface area contributed by atoms with E-state index in [9.17, 15) is 4.79 Å². The predicted octanol–water partition coefficient (Wildman–Crippen LogP) is 1.81. The van der Waals surface area contributed by atoms with E-state index < -0.39 is 0 Å². The third-order valence-corrected chi connectivity index (χ3v) is 3.81. The maximum absolute atomic E-state index is 12.4. The number of hydrogen-bond donors (Lipinski definition) is 3. The second-order valence-corrected chi connectivity index (χ2v) is 4.76. The molecule has 102 valence electrons. The van der Waals surface area contributed by atoms with Crippen LogP contribution in [0.25, 0.3) is 10.9 Å². The molecule has 1 amide bonds. The molecule has 0 aliphatic rings. The van der Waals surface area contributed by atoms with Gasteiger partial charge in [0.2, 0.25) is 0 Å². The van der Waals surface area contributed by atoms with Crippen LogP contribution in [0.4, 0.5) is 0 Å². The van der Waals surface area contributed by atoms with Gasteiger partial charge in [0.1, 0.15) is 0 Å². The van der Waals surface area contributed by atoms with Gasteiger partial charge in [-0.1, -0.05) is 32.0 Å². The molecule has 0 bridgehead atoms. The normalized spacial score (nSPS) is 11.7. The van der Waals surface area contributed by atoms with Crippen molar-refractivity contribution in [1.82, 2.24) is 15.5 Å². The van der Waals surface area contributed by atoms with E-state index in [0.717, 1.165) is 23.7 Å². The van der Waals surface area contributed by atoms with E-state index in [0.29, 0.717) is 12.2 Å². The summed E-state index contributed by atoms with van der Waals surface area (Å²) in [6.45, 7) is 4.48. The molecule has 0 aliphatic heterocycles. The number of benzene rings is 1. The SMILES string of the molecule is CCC(CC)(CN)NC(=O)c1n[nH]c2ccccc12. The van der Waals surface area contributed by atoms with Gasteiger partial charge in [-0.25, -0.2) is 0 Å². The summed E-state index contributed by atoms with van der Waals surface area (Å²) < 4.78 is 0. The molecule has 0 saturated heterocycles. The van der Waals surface area contributed by atoms with Gasteiger partial charge in [-0.3, -0.25) is 9.89 Å². The quantitative estimate of drug-likeness (QED) is 0.766. The van der Waals surface area contributed by atoms with Gasteiger partial charge in [-0.05, 0) is 18.9 Å². The Morgan fingerprint density at radius 3 is 2.68 bits per heavy atom. The summed E-state index contributed by atoms with van der Waals surface area (Å²) in [5.74, 6) is -0.174. The predicted molar refractivity (Wildman–Crippen MR) is 75.9 cm³/mol. The molecule has 0 atom stereocenters. The molecule has 0 saturated carbocycles. The van der Waals surface area contributed by atoms with E-state index in [4.69, 9.17) is 5.73 Å².